The molecule has 0 N–H and O–H groups in total. The predicted molar refractivity (Wildman–Crippen MR) is 92.5 cm³/mol. The maximum absolute atomic E-state index is 12.1. The van der Waals surface area contributed by atoms with E-state index < -0.39 is 6.36 Å². The van der Waals surface area contributed by atoms with Gasteiger partial charge in [0.1, 0.15) is 11.5 Å². The molecule has 0 atom stereocenters. The predicted octanol–water partition coefficient (Wildman–Crippen LogP) is 5.15. The standard InChI is InChI=1S/C18H15F3N2O3S/c1-12-2-6-14(7-3-12)24-10-16-22-23-17(25-16)27-11-13-4-8-15(9-5-13)26-18(19,20)21/h2-9H,10-11H2,1H3. The van der Waals surface area contributed by atoms with Gasteiger partial charge in [-0.05, 0) is 36.8 Å². The van der Waals surface area contributed by atoms with Crippen molar-refractivity contribution in [2.75, 3.05) is 0 Å². The summed E-state index contributed by atoms with van der Waals surface area (Å²) in [6.07, 6.45) is -4.70. The molecule has 0 saturated heterocycles. The molecule has 0 aliphatic rings. The molecule has 0 bridgehead atoms. The largest absolute Gasteiger partial charge is 0.573 e. The van der Waals surface area contributed by atoms with Crippen molar-refractivity contribution in [1.29, 1.82) is 0 Å². The van der Waals surface area contributed by atoms with Crippen LogP contribution in [0, 0.1) is 6.92 Å². The summed E-state index contributed by atoms with van der Waals surface area (Å²) < 4.78 is 51.3. The van der Waals surface area contributed by atoms with E-state index in [1.165, 1.54) is 23.9 Å². The molecule has 2 aromatic carbocycles. The van der Waals surface area contributed by atoms with E-state index in [1.54, 1.807) is 12.1 Å². The fraction of sp³-hybridized carbons (Fsp3) is 0.222. The van der Waals surface area contributed by atoms with E-state index in [1.807, 2.05) is 31.2 Å². The van der Waals surface area contributed by atoms with E-state index in [-0.39, 0.29) is 12.4 Å². The van der Waals surface area contributed by atoms with Crippen molar-refractivity contribution in [1.82, 2.24) is 10.2 Å². The highest BCUT2D eigenvalue weighted by molar-refractivity contribution is 7.98. The lowest BCUT2D eigenvalue weighted by Crippen LogP contribution is -2.16. The van der Waals surface area contributed by atoms with E-state index in [9.17, 15) is 13.2 Å². The van der Waals surface area contributed by atoms with Crippen molar-refractivity contribution >= 4 is 11.8 Å². The minimum absolute atomic E-state index is 0.153. The third-order valence-electron chi connectivity index (χ3n) is 3.35. The van der Waals surface area contributed by atoms with Gasteiger partial charge in [-0.15, -0.1) is 23.4 Å². The number of aromatic nitrogens is 2. The number of rotatable bonds is 7. The van der Waals surface area contributed by atoms with Gasteiger partial charge in [0.2, 0.25) is 0 Å². The van der Waals surface area contributed by atoms with Crippen LogP contribution in [-0.2, 0) is 12.4 Å². The van der Waals surface area contributed by atoms with Gasteiger partial charge in [-0.3, -0.25) is 0 Å². The third-order valence-corrected chi connectivity index (χ3v) is 4.24. The lowest BCUT2D eigenvalue weighted by atomic mass is 10.2. The van der Waals surface area contributed by atoms with Gasteiger partial charge in [-0.2, -0.15) is 0 Å². The quantitative estimate of drug-likeness (QED) is 0.515. The Morgan fingerprint density at radius 1 is 0.963 bits per heavy atom. The molecule has 1 heterocycles. The normalized spacial score (nSPS) is 11.4. The monoisotopic (exact) mass is 396 g/mol. The lowest BCUT2D eigenvalue weighted by Gasteiger charge is -2.08. The number of hydrogen-bond acceptors (Lipinski definition) is 6. The topological polar surface area (TPSA) is 57.4 Å². The maximum Gasteiger partial charge on any atom is 0.573 e. The Bertz CT molecular complexity index is 865. The zero-order chi connectivity index (χ0) is 19.3. The number of hydrogen-bond donors (Lipinski definition) is 0. The van der Waals surface area contributed by atoms with E-state index in [0.717, 1.165) is 11.1 Å². The third kappa shape index (κ3) is 6.21. The van der Waals surface area contributed by atoms with Crippen molar-refractivity contribution in [3.8, 4) is 11.5 Å². The zero-order valence-corrected chi connectivity index (χ0v) is 15.0. The van der Waals surface area contributed by atoms with Crippen molar-refractivity contribution in [3.63, 3.8) is 0 Å². The van der Waals surface area contributed by atoms with Crippen LogP contribution >= 0.6 is 11.8 Å². The van der Waals surface area contributed by atoms with Gasteiger partial charge in [-0.1, -0.05) is 41.6 Å². The highest BCUT2D eigenvalue weighted by Gasteiger charge is 2.30. The molecule has 142 valence electrons. The van der Waals surface area contributed by atoms with Crippen LogP contribution < -0.4 is 9.47 Å². The molecule has 0 saturated carbocycles. The minimum Gasteiger partial charge on any atom is -0.484 e. The number of halogens is 3. The molecule has 27 heavy (non-hydrogen) atoms. The Hall–Kier alpha value is -2.68. The molecule has 0 fully saturated rings. The fourth-order valence-corrected chi connectivity index (χ4v) is 2.80. The number of ether oxygens (including phenoxy) is 2. The molecule has 0 aliphatic heterocycles. The second-order valence-corrected chi connectivity index (χ2v) is 6.47. The van der Waals surface area contributed by atoms with E-state index >= 15 is 0 Å². The zero-order valence-electron chi connectivity index (χ0n) is 14.2. The first-order chi connectivity index (χ1) is 12.9. The minimum atomic E-state index is -4.70. The van der Waals surface area contributed by atoms with Gasteiger partial charge in [-0.25, -0.2) is 0 Å². The first-order valence-electron chi connectivity index (χ1n) is 7.87. The van der Waals surface area contributed by atoms with Crippen molar-refractivity contribution in [3.05, 3.63) is 65.5 Å². The molecule has 0 radical (unpaired) electrons. The molecular formula is C18H15F3N2O3S. The highest BCUT2D eigenvalue weighted by Crippen LogP contribution is 2.26. The van der Waals surface area contributed by atoms with Crippen LogP contribution in [-0.4, -0.2) is 16.6 Å². The van der Waals surface area contributed by atoms with Crippen molar-refractivity contribution < 1.29 is 27.1 Å². The molecule has 0 spiro atoms. The van der Waals surface area contributed by atoms with E-state index in [4.69, 9.17) is 9.15 Å². The number of alkyl halides is 3. The van der Waals surface area contributed by atoms with Crippen molar-refractivity contribution in [2.24, 2.45) is 0 Å². The summed E-state index contributed by atoms with van der Waals surface area (Å²) in [5.74, 6) is 1.25. The second kappa shape index (κ2) is 8.34. The summed E-state index contributed by atoms with van der Waals surface area (Å²) in [7, 11) is 0. The summed E-state index contributed by atoms with van der Waals surface area (Å²) >= 11 is 1.28. The molecule has 3 rings (SSSR count). The Labute approximate surface area is 157 Å². The second-order valence-electron chi connectivity index (χ2n) is 5.54. The number of benzene rings is 2. The summed E-state index contributed by atoms with van der Waals surface area (Å²) in [5.41, 5.74) is 1.93. The summed E-state index contributed by atoms with van der Waals surface area (Å²) in [4.78, 5) is 0. The van der Waals surface area contributed by atoms with Crippen LogP contribution in [0.3, 0.4) is 0 Å². The molecule has 5 nitrogen and oxygen atoms in total. The van der Waals surface area contributed by atoms with Gasteiger partial charge in [0.05, 0.1) is 0 Å². The number of aryl methyl sites for hydroxylation is 1. The Morgan fingerprint density at radius 2 is 1.63 bits per heavy atom. The molecule has 0 amide bonds. The molecule has 1 aromatic heterocycles. The van der Waals surface area contributed by atoms with Gasteiger partial charge in [0.15, 0.2) is 6.61 Å². The Morgan fingerprint density at radius 3 is 2.30 bits per heavy atom. The summed E-state index contributed by atoms with van der Waals surface area (Å²) in [6, 6.07) is 13.2. The van der Waals surface area contributed by atoms with E-state index in [0.29, 0.717) is 22.6 Å². The Kier molecular flexibility index (Phi) is 5.90. The van der Waals surface area contributed by atoms with Crippen LogP contribution in [0.2, 0.25) is 0 Å². The average molecular weight is 396 g/mol. The molecule has 0 aliphatic carbocycles. The summed E-state index contributed by atoms with van der Waals surface area (Å²) in [6.45, 7) is 2.14. The van der Waals surface area contributed by atoms with Crippen LogP contribution in [0.15, 0.2) is 58.2 Å². The van der Waals surface area contributed by atoms with Gasteiger partial charge >= 0.3 is 6.36 Å². The van der Waals surface area contributed by atoms with Crippen LogP contribution in [0.1, 0.15) is 17.0 Å². The van der Waals surface area contributed by atoms with Gasteiger partial charge in [0.25, 0.3) is 11.1 Å². The van der Waals surface area contributed by atoms with Crippen LogP contribution in [0.5, 0.6) is 11.5 Å². The molecule has 0 unspecified atom stereocenters. The molecule has 3 aromatic rings. The Balaban J connectivity index is 1.48. The number of nitrogens with zero attached hydrogens (tertiary/aromatic N) is 2. The molecular weight excluding hydrogens is 381 g/mol. The van der Waals surface area contributed by atoms with E-state index in [2.05, 4.69) is 14.9 Å². The SMILES string of the molecule is Cc1ccc(OCc2nnc(SCc3ccc(OC(F)(F)F)cc3)o2)cc1. The lowest BCUT2D eigenvalue weighted by molar-refractivity contribution is -0.274. The molecule has 9 heteroatoms. The van der Waals surface area contributed by atoms with Crippen LogP contribution in [0.25, 0.3) is 0 Å². The maximum atomic E-state index is 12.1. The van der Waals surface area contributed by atoms with Gasteiger partial charge < -0.3 is 13.9 Å². The fourth-order valence-electron chi connectivity index (χ4n) is 2.07. The first-order valence-corrected chi connectivity index (χ1v) is 8.85. The number of thioether (sulfide) groups is 1. The van der Waals surface area contributed by atoms with Gasteiger partial charge in [0, 0.05) is 5.75 Å². The summed E-state index contributed by atoms with van der Waals surface area (Å²) in [5, 5.41) is 8.18. The van der Waals surface area contributed by atoms with Crippen molar-refractivity contribution in [2.45, 2.75) is 30.9 Å². The first kappa shape index (κ1) is 19.1. The smallest absolute Gasteiger partial charge is 0.484 e. The highest BCUT2D eigenvalue weighted by atomic mass is 32.2. The van der Waals surface area contributed by atoms with Crippen LogP contribution in [0.4, 0.5) is 13.2 Å². The average Bonchev–Trinajstić information content (AvgIpc) is 3.07.